The highest BCUT2D eigenvalue weighted by molar-refractivity contribution is 7.25. The molecule has 7 aromatic carbocycles. The summed E-state index contributed by atoms with van der Waals surface area (Å²) in [7, 11) is 0. The average Bonchev–Trinajstić information content (AvgIpc) is 3.69. The molecule has 0 aliphatic carbocycles. The van der Waals surface area contributed by atoms with Crippen LogP contribution in [0.5, 0.6) is 0 Å². The minimum absolute atomic E-state index is 0.625. The van der Waals surface area contributed by atoms with Crippen LogP contribution in [0.15, 0.2) is 194 Å². The van der Waals surface area contributed by atoms with E-state index in [1.54, 1.807) is 17.7 Å². The van der Waals surface area contributed by atoms with Crippen LogP contribution in [0.4, 0.5) is 0 Å². The molecular weight excluding hydrogens is 741 g/mol. The Labute approximate surface area is 344 Å². The lowest BCUT2D eigenvalue weighted by atomic mass is 9.97. The largest absolute Gasteiger partial charge is 0.237 e. The van der Waals surface area contributed by atoms with Crippen LogP contribution in [0.25, 0.3) is 110 Å². The molecule has 0 amide bonds. The van der Waals surface area contributed by atoms with Gasteiger partial charge in [-0.25, -0.2) is 29.9 Å². The summed E-state index contributed by atoms with van der Waals surface area (Å²) in [5.41, 5.74) is 13.4. The topological polar surface area (TPSA) is 77.3 Å². The van der Waals surface area contributed by atoms with Gasteiger partial charge < -0.3 is 0 Å². The molecule has 0 aliphatic heterocycles. The molecule has 0 N–H and O–H groups in total. The molecule has 11 aromatic rings. The van der Waals surface area contributed by atoms with E-state index in [4.69, 9.17) is 29.9 Å². The zero-order valence-electron chi connectivity index (χ0n) is 31.6. The van der Waals surface area contributed by atoms with Crippen LogP contribution < -0.4 is 0 Å². The van der Waals surface area contributed by atoms with E-state index in [2.05, 4.69) is 140 Å². The third-order valence-electron chi connectivity index (χ3n) is 10.7. The first-order valence-corrected chi connectivity index (χ1v) is 20.2. The highest BCUT2D eigenvalue weighted by atomic mass is 32.1. The Morgan fingerprint density at radius 2 is 0.797 bits per heavy atom. The van der Waals surface area contributed by atoms with Crippen LogP contribution in [-0.4, -0.2) is 29.9 Å². The van der Waals surface area contributed by atoms with E-state index in [1.807, 2.05) is 48.5 Å². The number of para-hydroxylation sites is 1. The summed E-state index contributed by atoms with van der Waals surface area (Å²) in [6.45, 7) is 0. The first-order valence-electron chi connectivity index (χ1n) is 19.4. The van der Waals surface area contributed by atoms with Crippen LogP contribution in [0, 0.1) is 0 Å². The van der Waals surface area contributed by atoms with Gasteiger partial charge in [-0.05, 0) is 57.6 Å². The van der Waals surface area contributed by atoms with E-state index < -0.39 is 0 Å². The summed E-state index contributed by atoms with van der Waals surface area (Å²) in [5.74, 6) is 1.89. The van der Waals surface area contributed by atoms with Gasteiger partial charge in [0.25, 0.3) is 0 Å². The van der Waals surface area contributed by atoms with Crippen molar-refractivity contribution in [1.82, 2.24) is 29.9 Å². The van der Waals surface area contributed by atoms with E-state index >= 15 is 0 Å². The number of fused-ring (bicyclic) bond motifs is 4. The van der Waals surface area contributed by atoms with Crippen LogP contribution in [-0.2, 0) is 0 Å². The fraction of sp³-hybridized carbons (Fsp3) is 0. The predicted octanol–water partition coefficient (Wildman–Crippen LogP) is 13.2. The van der Waals surface area contributed by atoms with Crippen molar-refractivity contribution in [3.63, 3.8) is 0 Å². The second-order valence-electron chi connectivity index (χ2n) is 14.4. The molecule has 0 atom stereocenters. The molecule has 0 unspecified atom stereocenters. The number of nitrogens with zero attached hydrogens (tertiary/aromatic N) is 6. The molecule has 7 heteroatoms. The van der Waals surface area contributed by atoms with Crippen LogP contribution in [0.2, 0.25) is 0 Å². The molecule has 0 fully saturated rings. The Morgan fingerprint density at radius 3 is 1.44 bits per heavy atom. The van der Waals surface area contributed by atoms with Crippen molar-refractivity contribution in [2.75, 3.05) is 0 Å². The average molecular weight is 773 g/mol. The molecule has 0 spiro atoms. The van der Waals surface area contributed by atoms with Crippen molar-refractivity contribution in [2.45, 2.75) is 0 Å². The highest BCUT2D eigenvalue weighted by Crippen LogP contribution is 2.39. The molecule has 6 nitrogen and oxygen atoms in total. The second kappa shape index (κ2) is 14.6. The Hall–Kier alpha value is -7.74. The number of hydrogen-bond acceptors (Lipinski definition) is 7. The molecule has 4 heterocycles. The van der Waals surface area contributed by atoms with Crippen molar-refractivity contribution in [2.24, 2.45) is 0 Å². The molecule has 11 rings (SSSR count). The lowest BCUT2D eigenvalue weighted by Gasteiger charge is -2.10. The Balaban J connectivity index is 0.909. The number of benzene rings is 7. The van der Waals surface area contributed by atoms with E-state index in [-0.39, 0.29) is 0 Å². The summed E-state index contributed by atoms with van der Waals surface area (Å²) in [5, 5.41) is 2.16. The fourth-order valence-electron chi connectivity index (χ4n) is 7.64. The number of thiophene rings is 1. The minimum Gasteiger partial charge on any atom is -0.237 e. The normalized spacial score (nSPS) is 11.4. The number of rotatable bonds is 7. The van der Waals surface area contributed by atoms with Gasteiger partial charge in [0.05, 0.1) is 21.4 Å². The maximum atomic E-state index is 5.00. The second-order valence-corrected chi connectivity index (χ2v) is 15.4. The zero-order valence-corrected chi connectivity index (χ0v) is 32.4. The molecule has 4 aromatic heterocycles. The lowest BCUT2D eigenvalue weighted by molar-refractivity contribution is 1.07. The standard InChI is InChI=1S/C52H32N6S/c1-3-11-33(12-4-1)34-21-25-37(26-22-34)50-56-49(36-13-5-2-6-14-36)57-51(58-50)38-27-23-35(24-28-38)39-16-9-17-40(29-39)41-18-10-19-43(30-41)46-48-47(54-32-53-46)44-31-42-15-7-8-20-45(42)55-52(44)59-48/h1-32H. The van der Waals surface area contributed by atoms with Crippen molar-refractivity contribution >= 4 is 42.7 Å². The molecule has 0 radical (unpaired) electrons. The van der Waals surface area contributed by atoms with Crippen molar-refractivity contribution < 1.29 is 0 Å². The van der Waals surface area contributed by atoms with E-state index in [9.17, 15) is 0 Å². The molecule has 276 valence electrons. The van der Waals surface area contributed by atoms with Gasteiger partial charge in [0.1, 0.15) is 11.2 Å². The van der Waals surface area contributed by atoms with E-state index in [0.717, 1.165) is 87.1 Å². The van der Waals surface area contributed by atoms with Gasteiger partial charge in [0.15, 0.2) is 17.5 Å². The van der Waals surface area contributed by atoms with Gasteiger partial charge in [-0.15, -0.1) is 11.3 Å². The van der Waals surface area contributed by atoms with Crippen molar-refractivity contribution in [3.05, 3.63) is 194 Å². The maximum Gasteiger partial charge on any atom is 0.164 e. The third kappa shape index (κ3) is 6.59. The van der Waals surface area contributed by atoms with Gasteiger partial charge in [0, 0.05) is 33.0 Å². The van der Waals surface area contributed by atoms with E-state index in [1.165, 1.54) is 5.56 Å². The summed E-state index contributed by atoms with van der Waals surface area (Å²) in [4.78, 5) is 30.3. The van der Waals surface area contributed by atoms with Gasteiger partial charge in [-0.2, -0.15) is 0 Å². The summed E-state index contributed by atoms with van der Waals surface area (Å²) >= 11 is 1.65. The predicted molar refractivity (Wildman–Crippen MR) is 242 cm³/mol. The van der Waals surface area contributed by atoms with Gasteiger partial charge in [-0.3, -0.25) is 0 Å². The molecule has 0 saturated carbocycles. The SMILES string of the molecule is c1ccc(-c2ccc(-c3nc(-c4ccccc4)nc(-c4ccc(-c5cccc(-c6cccc(-c7ncnc8c7sc7nc9ccccc9cc78)c6)c5)cc4)n3)cc2)cc1. The van der Waals surface area contributed by atoms with Crippen LogP contribution in [0.3, 0.4) is 0 Å². The Kier molecular flexibility index (Phi) is 8.56. The van der Waals surface area contributed by atoms with Gasteiger partial charge in [0.2, 0.25) is 0 Å². The van der Waals surface area contributed by atoms with E-state index in [0.29, 0.717) is 17.5 Å². The van der Waals surface area contributed by atoms with Gasteiger partial charge in [-0.1, -0.05) is 164 Å². The first kappa shape index (κ1) is 34.5. The number of pyridine rings is 1. The molecular formula is C52H32N6S. The maximum absolute atomic E-state index is 5.00. The first-order chi connectivity index (χ1) is 29.2. The minimum atomic E-state index is 0.625. The van der Waals surface area contributed by atoms with Crippen LogP contribution >= 0.6 is 11.3 Å². The molecule has 0 saturated heterocycles. The lowest BCUT2D eigenvalue weighted by Crippen LogP contribution is -2.00. The third-order valence-corrected chi connectivity index (χ3v) is 11.8. The van der Waals surface area contributed by atoms with Gasteiger partial charge >= 0.3 is 0 Å². The quantitative estimate of drug-likeness (QED) is 0.161. The summed E-state index contributed by atoms with van der Waals surface area (Å²) in [6.07, 6.45) is 1.67. The zero-order chi connectivity index (χ0) is 39.1. The fourth-order valence-corrected chi connectivity index (χ4v) is 8.77. The van der Waals surface area contributed by atoms with Crippen LogP contribution in [0.1, 0.15) is 0 Å². The number of aromatic nitrogens is 6. The van der Waals surface area contributed by atoms with Crippen molar-refractivity contribution in [3.8, 4) is 78.8 Å². The smallest absolute Gasteiger partial charge is 0.164 e. The number of hydrogen-bond donors (Lipinski definition) is 0. The molecule has 59 heavy (non-hydrogen) atoms. The highest BCUT2D eigenvalue weighted by Gasteiger charge is 2.16. The Bertz CT molecular complexity index is 3310. The molecule has 0 bridgehead atoms. The Morgan fingerprint density at radius 1 is 0.339 bits per heavy atom. The molecule has 0 aliphatic rings. The summed E-state index contributed by atoms with van der Waals surface area (Å²) < 4.78 is 1.04. The summed E-state index contributed by atoms with van der Waals surface area (Å²) in [6, 6.07) is 65.0. The van der Waals surface area contributed by atoms with Crippen molar-refractivity contribution in [1.29, 1.82) is 0 Å². The monoisotopic (exact) mass is 772 g/mol.